The minimum absolute atomic E-state index is 0.00342. The van der Waals surface area contributed by atoms with Crippen molar-refractivity contribution < 1.29 is 9.59 Å². The van der Waals surface area contributed by atoms with E-state index in [4.69, 9.17) is 0 Å². The second-order valence-corrected chi connectivity index (χ2v) is 11.4. The number of carbonyl (C=O) groups is 2. The van der Waals surface area contributed by atoms with Gasteiger partial charge in [0.2, 0.25) is 11.9 Å². The molecular weight excluding hydrogens is 534 g/mol. The number of nitrogens with zero attached hydrogens (tertiary/aromatic N) is 5. The second kappa shape index (κ2) is 11.3. The van der Waals surface area contributed by atoms with Crippen LogP contribution < -0.4 is 10.6 Å². The molecule has 5 rings (SSSR count). The van der Waals surface area contributed by atoms with Crippen LogP contribution in [0, 0.1) is 5.92 Å². The first kappa shape index (κ1) is 25.9. The summed E-state index contributed by atoms with van der Waals surface area (Å²) in [7, 11) is 4.03. The Morgan fingerprint density at radius 1 is 1.03 bits per heavy atom. The number of benzene rings is 1. The highest BCUT2D eigenvalue weighted by Gasteiger charge is 2.37. The van der Waals surface area contributed by atoms with E-state index < -0.39 is 0 Å². The summed E-state index contributed by atoms with van der Waals surface area (Å²) < 4.78 is 0.762. The maximum atomic E-state index is 13.0. The first-order chi connectivity index (χ1) is 17.9. The van der Waals surface area contributed by atoms with E-state index in [9.17, 15) is 9.59 Å². The molecule has 2 saturated heterocycles. The van der Waals surface area contributed by atoms with Crippen LogP contribution in [0.25, 0.3) is 0 Å². The highest BCUT2D eigenvalue weighted by atomic mass is 79.9. The van der Waals surface area contributed by atoms with Crippen molar-refractivity contribution in [1.29, 1.82) is 0 Å². The Labute approximate surface area is 227 Å². The number of hydrogen-bond acceptors (Lipinski definition) is 7. The van der Waals surface area contributed by atoms with Gasteiger partial charge in [0.05, 0.1) is 10.4 Å². The zero-order valence-corrected chi connectivity index (χ0v) is 23.2. The summed E-state index contributed by atoms with van der Waals surface area (Å²) in [5.41, 5.74) is 1.48. The van der Waals surface area contributed by atoms with E-state index in [1.165, 1.54) is 0 Å². The van der Waals surface area contributed by atoms with Crippen LogP contribution in [0.1, 0.15) is 48.9 Å². The third kappa shape index (κ3) is 5.90. The molecule has 37 heavy (non-hydrogen) atoms. The first-order valence-corrected chi connectivity index (χ1v) is 14.1. The topological polar surface area (TPSA) is 93.7 Å². The van der Waals surface area contributed by atoms with Gasteiger partial charge in [-0.3, -0.25) is 9.59 Å². The molecule has 1 aromatic heterocycles. The molecule has 1 aliphatic carbocycles. The molecule has 1 aromatic carbocycles. The van der Waals surface area contributed by atoms with Crippen LogP contribution in [0.5, 0.6) is 0 Å². The maximum absolute atomic E-state index is 13.0. The van der Waals surface area contributed by atoms with Gasteiger partial charge in [0.25, 0.3) is 5.91 Å². The molecule has 1 saturated carbocycles. The van der Waals surface area contributed by atoms with Crippen molar-refractivity contribution in [2.45, 2.75) is 50.6 Å². The predicted molar refractivity (Wildman–Crippen MR) is 148 cm³/mol. The van der Waals surface area contributed by atoms with Gasteiger partial charge in [0, 0.05) is 49.7 Å². The molecule has 3 fully saturated rings. The molecular formula is C27H36BrN7O2. The lowest BCUT2D eigenvalue weighted by Crippen LogP contribution is -2.48. The number of anilines is 3. The van der Waals surface area contributed by atoms with Crippen LogP contribution >= 0.6 is 15.9 Å². The molecule has 2 amide bonds. The summed E-state index contributed by atoms with van der Waals surface area (Å²) in [6.45, 7) is 3.80. The van der Waals surface area contributed by atoms with E-state index in [-0.39, 0.29) is 29.8 Å². The molecule has 0 radical (unpaired) electrons. The van der Waals surface area contributed by atoms with Crippen LogP contribution in [0.4, 0.5) is 17.5 Å². The Morgan fingerprint density at radius 3 is 2.43 bits per heavy atom. The van der Waals surface area contributed by atoms with Gasteiger partial charge < -0.3 is 25.3 Å². The molecule has 2 atom stereocenters. The van der Waals surface area contributed by atoms with Gasteiger partial charge in [0.15, 0.2) is 0 Å². The summed E-state index contributed by atoms with van der Waals surface area (Å²) in [6, 6.07) is 7.81. The highest BCUT2D eigenvalue weighted by Crippen LogP contribution is 2.33. The second-order valence-electron chi connectivity index (χ2n) is 10.5. The van der Waals surface area contributed by atoms with Crippen LogP contribution in [0.2, 0.25) is 0 Å². The molecule has 198 valence electrons. The highest BCUT2D eigenvalue weighted by molar-refractivity contribution is 9.10. The zero-order valence-electron chi connectivity index (χ0n) is 21.6. The number of halogens is 1. The summed E-state index contributed by atoms with van der Waals surface area (Å²) in [6.07, 6.45) is 7.73. The van der Waals surface area contributed by atoms with Gasteiger partial charge in [-0.25, -0.2) is 4.98 Å². The van der Waals surface area contributed by atoms with Crippen LogP contribution in [-0.4, -0.2) is 88.8 Å². The van der Waals surface area contributed by atoms with Crippen molar-refractivity contribution >= 4 is 45.2 Å². The lowest BCUT2D eigenvalue weighted by Gasteiger charge is -2.35. The first-order valence-electron chi connectivity index (χ1n) is 13.3. The van der Waals surface area contributed by atoms with E-state index in [0.29, 0.717) is 17.3 Å². The Bertz CT molecular complexity index is 1120. The van der Waals surface area contributed by atoms with Crippen LogP contribution in [0.3, 0.4) is 0 Å². The summed E-state index contributed by atoms with van der Waals surface area (Å²) in [5, 5.41) is 6.74. The summed E-state index contributed by atoms with van der Waals surface area (Å²) in [4.78, 5) is 41.1. The van der Waals surface area contributed by atoms with E-state index in [2.05, 4.69) is 48.5 Å². The minimum atomic E-state index is -0.00342. The molecule has 2 aromatic rings. The summed E-state index contributed by atoms with van der Waals surface area (Å²) >= 11 is 3.55. The average Bonchev–Trinajstić information content (AvgIpc) is 3.33. The maximum Gasteiger partial charge on any atom is 0.253 e. The molecule has 9 nitrogen and oxygen atoms in total. The molecule has 0 bridgehead atoms. The van der Waals surface area contributed by atoms with Crippen LogP contribution in [-0.2, 0) is 4.79 Å². The lowest BCUT2D eigenvalue weighted by molar-refractivity contribution is -0.139. The molecule has 3 heterocycles. The zero-order chi connectivity index (χ0) is 25.9. The van der Waals surface area contributed by atoms with Crippen molar-refractivity contribution in [3.05, 3.63) is 40.5 Å². The quantitative estimate of drug-likeness (QED) is 0.521. The Hall–Kier alpha value is -2.72. The average molecular weight is 571 g/mol. The van der Waals surface area contributed by atoms with Gasteiger partial charge >= 0.3 is 0 Å². The molecule has 0 spiro atoms. The van der Waals surface area contributed by atoms with E-state index in [1.54, 1.807) is 6.20 Å². The normalized spacial score (nSPS) is 22.4. The fourth-order valence-electron chi connectivity index (χ4n) is 5.48. The molecule has 10 heteroatoms. The van der Waals surface area contributed by atoms with Gasteiger partial charge in [-0.15, -0.1) is 0 Å². The van der Waals surface area contributed by atoms with Crippen molar-refractivity contribution in [2.75, 3.05) is 50.9 Å². The fourth-order valence-corrected chi connectivity index (χ4v) is 5.79. The molecule has 2 aliphatic heterocycles. The monoisotopic (exact) mass is 569 g/mol. The number of rotatable bonds is 7. The van der Waals surface area contributed by atoms with Gasteiger partial charge in [-0.2, -0.15) is 4.98 Å². The fraction of sp³-hybridized carbons (Fsp3) is 0.556. The standard InChI is InChI=1S/C27H36BrN7O2/c1-33-15-11-20(12-16-33)34(2)25(36)18-7-9-19(10-8-18)30-27-29-17-22(28)24(32-27)31-23-6-3-5-21(23)26(37)35-13-4-14-35/h7-10,17,20-21,23H,3-6,11-16H2,1-2H3,(H2,29,30,31,32)/t21-,23+/m0/s1. The largest absolute Gasteiger partial charge is 0.365 e. The minimum Gasteiger partial charge on any atom is -0.365 e. The van der Waals surface area contributed by atoms with Gasteiger partial charge in [0.1, 0.15) is 5.82 Å². The third-order valence-electron chi connectivity index (χ3n) is 8.01. The van der Waals surface area contributed by atoms with Crippen LogP contribution in [0.15, 0.2) is 34.9 Å². The number of likely N-dealkylation sites (tertiary alicyclic amines) is 2. The van der Waals surface area contributed by atoms with Crippen molar-refractivity contribution in [3.63, 3.8) is 0 Å². The van der Waals surface area contributed by atoms with Crippen molar-refractivity contribution in [1.82, 2.24) is 24.7 Å². The molecule has 3 aliphatic rings. The third-order valence-corrected chi connectivity index (χ3v) is 8.59. The number of hydrogen-bond donors (Lipinski definition) is 2. The number of carbonyl (C=O) groups excluding carboxylic acids is 2. The predicted octanol–water partition coefficient (Wildman–Crippen LogP) is 3.96. The SMILES string of the molecule is CN1CCC(N(C)C(=O)c2ccc(Nc3ncc(Br)c(N[C@@H]4CCC[C@@H]4C(=O)N4CCC4)n3)cc2)CC1. The molecule has 2 N–H and O–H groups in total. The summed E-state index contributed by atoms with van der Waals surface area (Å²) in [5.74, 6) is 1.44. The Morgan fingerprint density at radius 2 is 1.76 bits per heavy atom. The smallest absolute Gasteiger partial charge is 0.253 e. The number of amides is 2. The van der Waals surface area contributed by atoms with E-state index in [1.807, 2.05) is 41.1 Å². The van der Waals surface area contributed by atoms with Crippen molar-refractivity contribution in [3.8, 4) is 0 Å². The number of piperidine rings is 1. The number of nitrogens with one attached hydrogen (secondary N) is 2. The Kier molecular flexibility index (Phi) is 7.95. The van der Waals surface area contributed by atoms with Gasteiger partial charge in [-0.1, -0.05) is 6.42 Å². The van der Waals surface area contributed by atoms with E-state index in [0.717, 1.165) is 74.9 Å². The van der Waals surface area contributed by atoms with Gasteiger partial charge in [-0.05, 0) is 92.4 Å². The Balaban J connectivity index is 1.21. The number of aromatic nitrogens is 2. The molecule has 0 unspecified atom stereocenters. The van der Waals surface area contributed by atoms with Crippen molar-refractivity contribution in [2.24, 2.45) is 5.92 Å². The van der Waals surface area contributed by atoms with E-state index >= 15 is 0 Å². The lowest BCUT2D eigenvalue weighted by atomic mass is 10.00.